The summed E-state index contributed by atoms with van der Waals surface area (Å²) in [5.74, 6) is 0.892. The van der Waals surface area contributed by atoms with Crippen LogP contribution in [0.5, 0.6) is 0 Å². The van der Waals surface area contributed by atoms with Crippen molar-refractivity contribution < 1.29 is 8.42 Å². The number of hydrogen-bond acceptors (Lipinski definition) is 7. The molecule has 0 radical (unpaired) electrons. The lowest BCUT2D eigenvalue weighted by Gasteiger charge is -2.32. The van der Waals surface area contributed by atoms with Crippen LogP contribution in [0.4, 0.5) is 23.1 Å². The lowest BCUT2D eigenvalue weighted by Crippen LogP contribution is -2.43. The minimum atomic E-state index is -3.53. The number of aromatic nitrogens is 2. The van der Waals surface area contributed by atoms with E-state index < -0.39 is 10.0 Å². The first-order valence-corrected chi connectivity index (χ1v) is 12.4. The number of benzene rings is 1. The molecule has 1 saturated heterocycles. The maximum Gasteiger partial charge on any atom is 0.259 e. The standard InChI is InChI=1S/C22H28N6O2S/c1-16-15-31(29,30)28(19-4-2-3-5-19)21-20(16)14-24-22(26-21)25-17-6-8-18(9-7-17)27-12-10-23-11-13-27/h6-9,14-15,19,23H,2-5,10-13H2,1H3,(H,24,25,26). The van der Waals surface area contributed by atoms with Crippen LogP contribution in [0.25, 0.3) is 5.57 Å². The van der Waals surface area contributed by atoms with E-state index in [1.807, 2.05) is 12.1 Å². The van der Waals surface area contributed by atoms with E-state index in [1.54, 1.807) is 13.1 Å². The monoisotopic (exact) mass is 440 g/mol. The van der Waals surface area contributed by atoms with Crippen molar-refractivity contribution in [3.05, 3.63) is 41.4 Å². The van der Waals surface area contributed by atoms with E-state index in [2.05, 4.69) is 37.6 Å². The highest BCUT2D eigenvalue weighted by Gasteiger charge is 2.37. The van der Waals surface area contributed by atoms with Gasteiger partial charge in [0.1, 0.15) is 0 Å². The highest BCUT2D eigenvalue weighted by Crippen LogP contribution is 2.39. The molecule has 1 aliphatic carbocycles. The first-order chi connectivity index (χ1) is 15.0. The number of nitrogens with zero attached hydrogens (tertiary/aromatic N) is 4. The van der Waals surface area contributed by atoms with Crippen LogP contribution in [-0.4, -0.2) is 50.6 Å². The number of rotatable bonds is 4. The molecule has 0 atom stereocenters. The second-order valence-corrected chi connectivity index (χ2v) is 10.1. The van der Waals surface area contributed by atoms with Gasteiger partial charge < -0.3 is 15.5 Å². The Bertz CT molecular complexity index is 1090. The van der Waals surface area contributed by atoms with Crippen molar-refractivity contribution in [1.29, 1.82) is 0 Å². The summed E-state index contributed by atoms with van der Waals surface area (Å²) < 4.78 is 27.4. The molecule has 3 heterocycles. The first kappa shape index (κ1) is 20.3. The Morgan fingerprint density at radius 1 is 1.10 bits per heavy atom. The van der Waals surface area contributed by atoms with E-state index >= 15 is 0 Å². The summed E-state index contributed by atoms with van der Waals surface area (Å²) in [5.41, 5.74) is 3.52. The van der Waals surface area contributed by atoms with Gasteiger partial charge in [-0.2, -0.15) is 4.98 Å². The smallest absolute Gasteiger partial charge is 0.259 e. The summed E-state index contributed by atoms with van der Waals surface area (Å²) in [6.45, 7) is 5.79. The number of piperazine rings is 1. The largest absolute Gasteiger partial charge is 0.369 e. The van der Waals surface area contributed by atoms with Crippen molar-refractivity contribution in [1.82, 2.24) is 15.3 Å². The van der Waals surface area contributed by atoms with Crippen LogP contribution in [0.15, 0.2) is 35.9 Å². The lowest BCUT2D eigenvalue weighted by atomic mass is 10.1. The third-order valence-electron chi connectivity index (χ3n) is 6.26. The van der Waals surface area contributed by atoms with Crippen molar-refractivity contribution in [3.63, 3.8) is 0 Å². The van der Waals surface area contributed by atoms with Gasteiger partial charge in [0.15, 0.2) is 5.82 Å². The van der Waals surface area contributed by atoms with Crippen LogP contribution >= 0.6 is 0 Å². The fraction of sp³-hybridized carbons (Fsp3) is 0.455. The van der Waals surface area contributed by atoms with Crippen LogP contribution in [0.2, 0.25) is 0 Å². The first-order valence-electron chi connectivity index (χ1n) is 10.9. The summed E-state index contributed by atoms with van der Waals surface area (Å²) in [5, 5.41) is 7.95. The topological polar surface area (TPSA) is 90.5 Å². The van der Waals surface area contributed by atoms with Crippen LogP contribution in [0.1, 0.15) is 38.2 Å². The van der Waals surface area contributed by atoms with Gasteiger partial charge in [0.25, 0.3) is 10.0 Å². The average Bonchev–Trinajstić information content (AvgIpc) is 3.28. The average molecular weight is 441 g/mol. The Balaban J connectivity index is 1.41. The predicted molar refractivity (Wildman–Crippen MR) is 124 cm³/mol. The molecule has 0 bridgehead atoms. The quantitative estimate of drug-likeness (QED) is 0.755. The van der Waals surface area contributed by atoms with E-state index in [4.69, 9.17) is 0 Å². The molecule has 2 aromatic rings. The molecule has 2 fully saturated rings. The Labute approximate surface area is 183 Å². The molecule has 0 amide bonds. The number of hydrogen-bond donors (Lipinski definition) is 2. The number of sulfonamides is 1. The van der Waals surface area contributed by atoms with Crippen LogP contribution in [0.3, 0.4) is 0 Å². The minimum absolute atomic E-state index is 0.0332. The van der Waals surface area contributed by atoms with Gasteiger partial charge in [-0.05, 0) is 49.6 Å². The third kappa shape index (κ3) is 3.99. The summed E-state index contributed by atoms with van der Waals surface area (Å²) in [7, 11) is -3.53. The molecule has 9 heteroatoms. The molecule has 164 valence electrons. The molecule has 1 aromatic heterocycles. The summed E-state index contributed by atoms with van der Waals surface area (Å²) in [4.78, 5) is 11.5. The molecule has 3 aliphatic rings. The minimum Gasteiger partial charge on any atom is -0.369 e. The predicted octanol–water partition coefficient (Wildman–Crippen LogP) is 3.08. The van der Waals surface area contributed by atoms with Gasteiger partial charge in [-0.25, -0.2) is 17.7 Å². The van der Waals surface area contributed by atoms with Crippen LogP contribution in [-0.2, 0) is 10.0 Å². The molecule has 0 unspecified atom stereocenters. The Morgan fingerprint density at radius 2 is 1.81 bits per heavy atom. The molecule has 2 N–H and O–H groups in total. The molecule has 1 aromatic carbocycles. The Morgan fingerprint density at radius 3 is 2.52 bits per heavy atom. The molecule has 31 heavy (non-hydrogen) atoms. The third-order valence-corrected chi connectivity index (χ3v) is 7.93. The Hall–Kier alpha value is -2.65. The molecular weight excluding hydrogens is 412 g/mol. The van der Waals surface area contributed by atoms with Gasteiger partial charge >= 0.3 is 0 Å². The van der Waals surface area contributed by atoms with E-state index in [-0.39, 0.29) is 6.04 Å². The van der Waals surface area contributed by atoms with Gasteiger partial charge in [-0.15, -0.1) is 0 Å². The second kappa shape index (κ2) is 8.12. The van der Waals surface area contributed by atoms with Gasteiger partial charge in [-0.1, -0.05) is 12.8 Å². The second-order valence-electron chi connectivity index (χ2n) is 8.42. The fourth-order valence-electron chi connectivity index (χ4n) is 4.67. The van der Waals surface area contributed by atoms with Crippen molar-refractivity contribution in [2.24, 2.45) is 0 Å². The summed E-state index contributed by atoms with van der Waals surface area (Å²) >= 11 is 0. The van der Waals surface area contributed by atoms with E-state index in [1.165, 1.54) is 15.4 Å². The molecule has 0 spiro atoms. The Kier molecular flexibility index (Phi) is 5.31. The van der Waals surface area contributed by atoms with Crippen LogP contribution < -0.4 is 19.8 Å². The van der Waals surface area contributed by atoms with Gasteiger partial charge in [-0.3, -0.25) is 0 Å². The zero-order valence-electron chi connectivity index (χ0n) is 17.7. The zero-order chi connectivity index (χ0) is 21.4. The number of nitrogens with one attached hydrogen (secondary N) is 2. The molecule has 8 nitrogen and oxygen atoms in total. The summed E-state index contributed by atoms with van der Waals surface area (Å²) in [6.07, 6.45) is 5.55. The van der Waals surface area contributed by atoms with Gasteiger partial charge in [0, 0.05) is 55.4 Å². The van der Waals surface area contributed by atoms with Gasteiger partial charge in [0.05, 0.1) is 5.41 Å². The van der Waals surface area contributed by atoms with Crippen molar-refractivity contribution in [2.45, 2.75) is 38.6 Å². The highest BCUT2D eigenvalue weighted by atomic mass is 32.2. The maximum atomic E-state index is 13.0. The van der Waals surface area contributed by atoms with Gasteiger partial charge in [0.2, 0.25) is 5.95 Å². The molecule has 2 aliphatic heterocycles. The summed E-state index contributed by atoms with van der Waals surface area (Å²) in [6, 6.07) is 8.17. The molecular formula is C22H28N6O2S. The molecule has 1 saturated carbocycles. The van der Waals surface area contributed by atoms with Crippen molar-refractivity contribution >= 4 is 38.7 Å². The SMILES string of the molecule is CC1=CS(=O)(=O)N(C2CCCC2)c2nc(Nc3ccc(N4CCNCC4)cc3)ncc21. The normalized spacial score (nSPS) is 21.0. The molecule has 5 rings (SSSR count). The number of anilines is 4. The maximum absolute atomic E-state index is 13.0. The fourth-order valence-corrected chi connectivity index (χ4v) is 6.36. The van der Waals surface area contributed by atoms with Crippen molar-refractivity contribution in [2.75, 3.05) is 40.7 Å². The number of allylic oxidation sites excluding steroid dienone is 1. The van der Waals surface area contributed by atoms with Crippen molar-refractivity contribution in [3.8, 4) is 0 Å². The van der Waals surface area contributed by atoms with E-state index in [0.29, 0.717) is 17.3 Å². The van der Waals surface area contributed by atoms with E-state index in [9.17, 15) is 8.42 Å². The van der Waals surface area contributed by atoms with E-state index in [0.717, 1.165) is 63.1 Å². The lowest BCUT2D eigenvalue weighted by molar-refractivity contribution is 0.581. The zero-order valence-corrected chi connectivity index (χ0v) is 18.5. The number of fused-ring (bicyclic) bond motifs is 1. The highest BCUT2D eigenvalue weighted by molar-refractivity contribution is 7.95. The van der Waals surface area contributed by atoms with Crippen LogP contribution in [0, 0.1) is 0 Å².